The van der Waals surface area contributed by atoms with Crippen LogP contribution in [0.2, 0.25) is 0 Å². The van der Waals surface area contributed by atoms with Gasteiger partial charge in [-0.2, -0.15) is 0 Å². The molecule has 0 aliphatic carbocycles. The zero-order valence-corrected chi connectivity index (χ0v) is 7.74. The fourth-order valence-electron chi connectivity index (χ4n) is 2.93. The van der Waals surface area contributed by atoms with Crippen LogP contribution in [0.15, 0.2) is 0 Å². The lowest BCUT2D eigenvalue weighted by Crippen LogP contribution is -2.40. The van der Waals surface area contributed by atoms with Gasteiger partial charge in [-0.05, 0) is 19.3 Å². The summed E-state index contributed by atoms with van der Waals surface area (Å²) in [6, 6.07) is 0.560. The highest BCUT2D eigenvalue weighted by molar-refractivity contribution is 5.82. The van der Waals surface area contributed by atoms with Gasteiger partial charge in [0.2, 0.25) is 0 Å². The average Bonchev–Trinajstić information content (AvgIpc) is 2.77. The molecule has 3 unspecified atom stereocenters. The summed E-state index contributed by atoms with van der Waals surface area (Å²) in [4.78, 5) is 13.5. The Morgan fingerprint density at radius 2 is 2.31 bits per heavy atom. The normalized spacial score (nSPS) is 44.9. The van der Waals surface area contributed by atoms with E-state index in [-0.39, 0.29) is 0 Å². The van der Waals surface area contributed by atoms with Crippen LogP contribution >= 0.6 is 0 Å². The van der Waals surface area contributed by atoms with Crippen molar-refractivity contribution in [2.24, 2.45) is 0 Å². The topological polar surface area (TPSA) is 29.5 Å². The van der Waals surface area contributed by atoms with Gasteiger partial charge in [0.1, 0.15) is 5.78 Å². The van der Waals surface area contributed by atoms with Gasteiger partial charge in [-0.3, -0.25) is 9.69 Å². The molecule has 3 aliphatic heterocycles. The number of fused-ring (bicyclic) bond motifs is 2. The summed E-state index contributed by atoms with van der Waals surface area (Å²) in [7, 11) is 0. The molecule has 0 N–H and O–H groups in total. The third-order valence-corrected chi connectivity index (χ3v) is 3.60. The van der Waals surface area contributed by atoms with Crippen LogP contribution in [-0.4, -0.2) is 42.0 Å². The van der Waals surface area contributed by atoms with E-state index in [0.717, 1.165) is 19.4 Å². The summed E-state index contributed by atoms with van der Waals surface area (Å²) in [6.45, 7) is 1.65. The van der Waals surface area contributed by atoms with Crippen molar-refractivity contribution in [3.63, 3.8) is 0 Å². The first kappa shape index (κ1) is 7.94. The van der Waals surface area contributed by atoms with Crippen LogP contribution in [0.1, 0.15) is 25.7 Å². The molecule has 0 spiro atoms. The van der Waals surface area contributed by atoms with Gasteiger partial charge < -0.3 is 4.74 Å². The van der Waals surface area contributed by atoms with Gasteiger partial charge in [0.05, 0.1) is 18.8 Å². The molecule has 3 atom stereocenters. The van der Waals surface area contributed by atoms with Crippen LogP contribution in [-0.2, 0) is 9.53 Å². The van der Waals surface area contributed by atoms with Crippen LogP contribution in [0.5, 0.6) is 0 Å². The Balaban J connectivity index is 1.69. The lowest BCUT2D eigenvalue weighted by molar-refractivity contribution is -0.117. The van der Waals surface area contributed by atoms with Crippen LogP contribution < -0.4 is 0 Å². The minimum atomic E-state index is 0.405. The maximum absolute atomic E-state index is 11.1. The lowest BCUT2D eigenvalue weighted by Gasteiger charge is -2.27. The number of rotatable bonds is 1. The highest BCUT2D eigenvalue weighted by atomic mass is 16.5. The van der Waals surface area contributed by atoms with Crippen molar-refractivity contribution in [3.05, 3.63) is 0 Å². The Morgan fingerprint density at radius 3 is 2.85 bits per heavy atom. The summed E-state index contributed by atoms with van der Waals surface area (Å²) < 4.78 is 5.78. The number of hydrogen-bond donors (Lipinski definition) is 0. The molecule has 0 aromatic rings. The number of nitrogens with zero attached hydrogens (tertiary/aromatic N) is 1. The molecular formula is C10H15NO2. The molecule has 3 rings (SSSR count). The van der Waals surface area contributed by atoms with E-state index < -0.39 is 0 Å². The number of hydrogen-bond acceptors (Lipinski definition) is 3. The zero-order chi connectivity index (χ0) is 8.84. The Bertz CT molecular complexity index is 241. The smallest absolute Gasteiger partial charge is 0.148 e. The molecule has 0 aromatic heterocycles. The first-order valence-corrected chi connectivity index (χ1v) is 5.24. The van der Waals surface area contributed by atoms with Gasteiger partial charge in [0.25, 0.3) is 0 Å². The van der Waals surface area contributed by atoms with E-state index in [1.54, 1.807) is 0 Å². The average molecular weight is 181 g/mol. The molecule has 0 saturated carbocycles. The number of carbonyl (C=O) groups excluding carboxylic acids is 1. The van der Waals surface area contributed by atoms with Gasteiger partial charge in [-0.1, -0.05) is 0 Å². The summed E-state index contributed by atoms with van der Waals surface area (Å²) in [5, 5.41) is 0. The summed E-state index contributed by atoms with van der Waals surface area (Å²) in [5.74, 6) is 0.405. The fourth-order valence-corrected chi connectivity index (χ4v) is 2.93. The van der Waals surface area contributed by atoms with Crippen molar-refractivity contribution in [2.45, 2.75) is 43.9 Å². The standard InChI is InChI=1S/C10H15NO2/c12-7-3-4-11(6-7)9-5-8-1-2-10(9)13-8/h8-10H,1-6H2. The highest BCUT2D eigenvalue weighted by Gasteiger charge is 2.44. The second-order valence-corrected chi connectivity index (χ2v) is 4.44. The van der Waals surface area contributed by atoms with E-state index in [2.05, 4.69) is 4.90 Å². The lowest BCUT2D eigenvalue weighted by atomic mass is 9.94. The second-order valence-electron chi connectivity index (χ2n) is 4.44. The van der Waals surface area contributed by atoms with E-state index in [9.17, 15) is 4.79 Å². The molecule has 0 aromatic carbocycles. The Hall–Kier alpha value is -0.410. The third-order valence-electron chi connectivity index (χ3n) is 3.60. The van der Waals surface area contributed by atoms with Gasteiger partial charge in [-0.25, -0.2) is 0 Å². The molecule has 2 bridgehead atoms. The molecule has 3 aliphatic rings. The molecule has 3 heterocycles. The second kappa shape index (κ2) is 2.79. The van der Waals surface area contributed by atoms with Crippen molar-refractivity contribution in [1.29, 1.82) is 0 Å². The number of likely N-dealkylation sites (tertiary alicyclic amines) is 1. The predicted molar refractivity (Wildman–Crippen MR) is 47.5 cm³/mol. The quantitative estimate of drug-likeness (QED) is 0.592. The fraction of sp³-hybridized carbons (Fsp3) is 0.900. The van der Waals surface area contributed by atoms with Crippen LogP contribution in [0.25, 0.3) is 0 Å². The Labute approximate surface area is 78.0 Å². The Morgan fingerprint density at radius 1 is 1.38 bits per heavy atom. The third kappa shape index (κ3) is 1.22. The predicted octanol–water partition coefficient (Wildman–Crippen LogP) is 0.581. The number of ether oxygens (including phenoxy) is 1. The summed E-state index contributed by atoms with van der Waals surface area (Å²) >= 11 is 0. The summed E-state index contributed by atoms with van der Waals surface area (Å²) in [5.41, 5.74) is 0. The number of carbonyl (C=O) groups is 1. The van der Waals surface area contributed by atoms with Gasteiger partial charge in [-0.15, -0.1) is 0 Å². The Kier molecular flexibility index (Phi) is 1.70. The molecule has 13 heavy (non-hydrogen) atoms. The maximum atomic E-state index is 11.1. The van der Waals surface area contributed by atoms with E-state index in [0.29, 0.717) is 30.6 Å². The first-order valence-electron chi connectivity index (χ1n) is 5.24. The molecule has 3 fully saturated rings. The molecule has 0 radical (unpaired) electrons. The molecular weight excluding hydrogens is 166 g/mol. The zero-order valence-electron chi connectivity index (χ0n) is 7.74. The van der Waals surface area contributed by atoms with Crippen LogP contribution in [0.4, 0.5) is 0 Å². The van der Waals surface area contributed by atoms with Crippen molar-refractivity contribution >= 4 is 5.78 Å². The first-order chi connectivity index (χ1) is 6.33. The minimum absolute atomic E-state index is 0.405. The molecule has 3 saturated heterocycles. The van der Waals surface area contributed by atoms with Crippen molar-refractivity contribution in [2.75, 3.05) is 13.1 Å². The van der Waals surface area contributed by atoms with Gasteiger partial charge in [0, 0.05) is 19.0 Å². The molecule has 0 amide bonds. The maximum Gasteiger partial charge on any atom is 0.148 e. The van der Waals surface area contributed by atoms with Gasteiger partial charge in [0.15, 0.2) is 0 Å². The highest BCUT2D eigenvalue weighted by Crippen LogP contribution is 2.37. The van der Waals surface area contributed by atoms with Crippen molar-refractivity contribution in [1.82, 2.24) is 4.90 Å². The number of Topliss-reactive ketones (excluding diaryl/α,β-unsaturated/α-hetero) is 1. The van der Waals surface area contributed by atoms with E-state index >= 15 is 0 Å². The van der Waals surface area contributed by atoms with E-state index in [1.807, 2.05) is 0 Å². The van der Waals surface area contributed by atoms with Gasteiger partial charge >= 0.3 is 0 Å². The molecule has 72 valence electrons. The SMILES string of the molecule is O=C1CCN(C2CC3CCC2O3)C1. The summed E-state index contributed by atoms with van der Waals surface area (Å²) in [6.07, 6.45) is 5.32. The van der Waals surface area contributed by atoms with E-state index in [1.165, 1.54) is 12.8 Å². The van der Waals surface area contributed by atoms with Crippen molar-refractivity contribution < 1.29 is 9.53 Å². The van der Waals surface area contributed by atoms with Crippen molar-refractivity contribution in [3.8, 4) is 0 Å². The molecule has 3 heteroatoms. The minimum Gasteiger partial charge on any atom is -0.373 e. The van der Waals surface area contributed by atoms with Crippen LogP contribution in [0.3, 0.4) is 0 Å². The molecule has 3 nitrogen and oxygen atoms in total. The number of ketones is 1. The van der Waals surface area contributed by atoms with Crippen LogP contribution in [0, 0.1) is 0 Å². The van der Waals surface area contributed by atoms with E-state index in [4.69, 9.17) is 4.74 Å². The largest absolute Gasteiger partial charge is 0.373 e. The monoisotopic (exact) mass is 181 g/mol.